The zero-order valence-electron chi connectivity index (χ0n) is 14.3. The first-order chi connectivity index (χ1) is 10.9. The normalized spacial score (nSPS) is 30.0. The van der Waals surface area contributed by atoms with E-state index in [2.05, 4.69) is 82.3 Å². The van der Waals surface area contributed by atoms with Crippen molar-refractivity contribution in [2.75, 3.05) is 0 Å². The van der Waals surface area contributed by atoms with E-state index in [1.54, 1.807) is 0 Å². The Morgan fingerprint density at radius 3 is 2.22 bits per heavy atom. The van der Waals surface area contributed by atoms with Crippen LogP contribution in [0.1, 0.15) is 50.5 Å². The fraction of sp³-hybridized carbons (Fsp3) is 0.429. The largest absolute Gasteiger partial charge is 0.351 e. The van der Waals surface area contributed by atoms with Crippen LogP contribution in [0.15, 0.2) is 54.6 Å². The molecule has 0 aromatic heterocycles. The highest BCUT2D eigenvalue weighted by molar-refractivity contribution is 8.03. The van der Waals surface area contributed by atoms with E-state index in [0.717, 1.165) is 6.42 Å². The van der Waals surface area contributed by atoms with Gasteiger partial charge in [0, 0.05) is 22.1 Å². The number of fused-ring (bicyclic) bond motifs is 2. The standard InChI is InChI=1S/C21H24OS/c1-19(2)20(3,4)23-21(19)17-13-9-8-12-16(17)18(22-21)14-15-10-6-5-7-11-15/h5-13,18H,14H2,1-4H3. The summed E-state index contributed by atoms with van der Waals surface area (Å²) in [6.07, 6.45) is 1.09. The minimum atomic E-state index is -0.202. The van der Waals surface area contributed by atoms with Gasteiger partial charge >= 0.3 is 0 Å². The lowest BCUT2D eigenvalue weighted by atomic mass is 9.71. The molecule has 2 aliphatic rings. The number of benzene rings is 2. The van der Waals surface area contributed by atoms with Crippen LogP contribution < -0.4 is 0 Å². The van der Waals surface area contributed by atoms with Crippen molar-refractivity contribution in [2.24, 2.45) is 5.41 Å². The second kappa shape index (κ2) is 4.87. The third kappa shape index (κ3) is 1.98. The predicted octanol–water partition coefficient (Wildman–Crippen LogP) is 5.71. The number of hydrogen-bond acceptors (Lipinski definition) is 2. The van der Waals surface area contributed by atoms with Gasteiger partial charge in [-0.2, -0.15) is 0 Å². The molecule has 4 rings (SSSR count). The van der Waals surface area contributed by atoms with Gasteiger partial charge in [-0.1, -0.05) is 68.4 Å². The first-order valence-electron chi connectivity index (χ1n) is 8.39. The monoisotopic (exact) mass is 324 g/mol. The molecule has 0 saturated carbocycles. The Labute approximate surface area is 143 Å². The molecule has 2 unspecified atom stereocenters. The van der Waals surface area contributed by atoms with Crippen molar-refractivity contribution in [1.29, 1.82) is 0 Å². The van der Waals surface area contributed by atoms with Crippen LogP contribution in [0.3, 0.4) is 0 Å². The van der Waals surface area contributed by atoms with Gasteiger partial charge in [-0.25, -0.2) is 0 Å². The molecule has 1 nitrogen and oxygen atoms in total. The van der Waals surface area contributed by atoms with E-state index in [1.165, 1.54) is 16.7 Å². The average molecular weight is 324 g/mol. The van der Waals surface area contributed by atoms with Crippen LogP contribution in [0.4, 0.5) is 0 Å². The summed E-state index contributed by atoms with van der Waals surface area (Å²) in [4.78, 5) is -0.202. The number of thioether (sulfide) groups is 1. The summed E-state index contributed by atoms with van der Waals surface area (Å²) < 4.78 is 7.00. The molecule has 0 aliphatic carbocycles. The van der Waals surface area contributed by atoms with Crippen LogP contribution in [-0.2, 0) is 16.1 Å². The van der Waals surface area contributed by atoms with Gasteiger partial charge in [-0.05, 0) is 25.0 Å². The SMILES string of the molecule is CC1(C)SC2(OC(Cc3ccccc3)c3ccccc32)C1(C)C. The molecule has 2 aliphatic heterocycles. The summed E-state index contributed by atoms with van der Waals surface area (Å²) in [5, 5.41) is 0. The molecule has 2 atom stereocenters. The molecule has 1 fully saturated rings. The van der Waals surface area contributed by atoms with E-state index in [9.17, 15) is 0 Å². The van der Waals surface area contributed by atoms with Crippen molar-refractivity contribution >= 4 is 11.8 Å². The molecule has 120 valence electrons. The van der Waals surface area contributed by atoms with E-state index in [4.69, 9.17) is 4.74 Å². The first kappa shape index (κ1) is 15.3. The van der Waals surface area contributed by atoms with E-state index >= 15 is 0 Å². The van der Waals surface area contributed by atoms with E-state index in [0.29, 0.717) is 0 Å². The Kier molecular flexibility index (Phi) is 3.24. The van der Waals surface area contributed by atoms with Crippen molar-refractivity contribution in [2.45, 2.75) is 49.9 Å². The maximum Gasteiger partial charge on any atom is 0.147 e. The van der Waals surface area contributed by atoms with Crippen molar-refractivity contribution in [3.8, 4) is 0 Å². The lowest BCUT2D eigenvalue weighted by Crippen LogP contribution is -2.62. The summed E-state index contributed by atoms with van der Waals surface area (Å²) in [7, 11) is 0. The lowest BCUT2D eigenvalue weighted by molar-refractivity contribution is -0.114. The third-order valence-corrected chi connectivity index (χ3v) is 8.10. The first-order valence-corrected chi connectivity index (χ1v) is 9.20. The molecule has 23 heavy (non-hydrogen) atoms. The Balaban J connectivity index is 1.74. The molecule has 1 saturated heterocycles. The highest BCUT2D eigenvalue weighted by Crippen LogP contribution is 2.76. The zero-order valence-corrected chi connectivity index (χ0v) is 15.1. The Morgan fingerprint density at radius 1 is 0.913 bits per heavy atom. The Hall–Kier alpha value is -1.25. The maximum absolute atomic E-state index is 6.77. The smallest absolute Gasteiger partial charge is 0.147 e. The van der Waals surface area contributed by atoms with Crippen LogP contribution in [0, 0.1) is 5.41 Å². The molecule has 2 aromatic rings. The second-order valence-corrected chi connectivity index (χ2v) is 9.54. The Bertz CT molecular complexity index is 735. The van der Waals surface area contributed by atoms with Crippen molar-refractivity contribution in [3.05, 3.63) is 71.3 Å². The molecule has 2 heterocycles. The highest BCUT2D eigenvalue weighted by Gasteiger charge is 2.70. The molecule has 2 aromatic carbocycles. The van der Waals surface area contributed by atoms with Gasteiger partial charge < -0.3 is 4.74 Å². The summed E-state index contributed by atoms with van der Waals surface area (Å²) >= 11 is 1.98. The van der Waals surface area contributed by atoms with Crippen LogP contribution in [0.2, 0.25) is 0 Å². The van der Waals surface area contributed by atoms with Crippen molar-refractivity contribution < 1.29 is 4.74 Å². The molecule has 0 radical (unpaired) electrons. The Morgan fingerprint density at radius 2 is 1.57 bits per heavy atom. The van der Waals surface area contributed by atoms with Gasteiger partial charge in [0.05, 0.1) is 6.10 Å². The van der Waals surface area contributed by atoms with Crippen molar-refractivity contribution in [3.63, 3.8) is 0 Å². The quantitative estimate of drug-likeness (QED) is 0.700. The zero-order chi connectivity index (χ0) is 16.3. The number of ether oxygens (including phenoxy) is 1. The number of rotatable bonds is 2. The third-order valence-electron chi connectivity index (χ3n) is 5.96. The van der Waals surface area contributed by atoms with E-state index < -0.39 is 0 Å². The number of hydrogen-bond donors (Lipinski definition) is 0. The molecule has 1 spiro atoms. The van der Waals surface area contributed by atoms with Gasteiger partial charge in [-0.15, -0.1) is 11.8 Å². The van der Waals surface area contributed by atoms with E-state index in [1.807, 2.05) is 11.8 Å². The van der Waals surface area contributed by atoms with Gasteiger partial charge in [0.15, 0.2) is 0 Å². The van der Waals surface area contributed by atoms with Crippen LogP contribution in [-0.4, -0.2) is 4.75 Å². The van der Waals surface area contributed by atoms with Gasteiger partial charge in [0.25, 0.3) is 0 Å². The van der Waals surface area contributed by atoms with Gasteiger partial charge in [-0.3, -0.25) is 0 Å². The summed E-state index contributed by atoms with van der Waals surface area (Å²) in [5.41, 5.74) is 4.19. The van der Waals surface area contributed by atoms with Crippen LogP contribution >= 0.6 is 11.8 Å². The summed E-state index contributed by atoms with van der Waals surface area (Å²) in [5.74, 6) is 0. The molecule has 0 bridgehead atoms. The van der Waals surface area contributed by atoms with Crippen LogP contribution in [0.5, 0.6) is 0 Å². The topological polar surface area (TPSA) is 9.23 Å². The summed E-state index contributed by atoms with van der Waals surface area (Å²) in [6.45, 7) is 9.37. The summed E-state index contributed by atoms with van der Waals surface area (Å²) in [6, 6.07) is 19.5. The molecule has 0 N–H and O–H groups in total. The maximum atomic E-state index is 6.77. The minimum Gasteiger partial charge on any atom is -0.351 e. The average Bonchev–Trinajstić information content (AvgIpc) is 2.84. The minimum absolute atomic E-state index is 0.103. The fourth-order valence-corrected chi connectivity index (χ4v) is 5.85. The second-order valence-electron chi connectivity index (χ2n) is 7.74. The molecule has 2 heteroatoms. The highest BCUT2D eigenvalue weighted by atomic mass is 32.2. The van der Waals surface area contributed by atoms with Crippen molar-refractivity contribution in [1.82, 2.24) is 0 Å². The molecule has 0 amide bonds. The molecular formula is C21H24OS. The van der Waals surface area contributed by atoms with Gasteiger partial charge in [0.1, 0.15) is 4.93 Å². The van der Waals surface area contributed by atoms with Crippen LogP contribution in [0.25, 0.3) is 0 Å². The fourth-order valence-electron chi connectivity index (χ4n) is 3.91. The molecular weight excluding hydrogens is 300 g/mol. The van der Waals surface area contributed by atoms with Gasteiger partial charge in [0.2, 0.25) is 0 Å². The predicted molar refractivity (Wildman–Crippen MR) is 97.5 cm³/mol. The lowest BCUT2D eigenvalue weighted by Gasteiger charge is -2.64. The van der Waals surface area contributed by atoms with E-state index in [-0.39, 0.29) is 21.2 Å².